The van der Waals surface area contributed by atoms with E-state index >= 15 is 0 Å². The number of ether oxygens (including phenoxy) is 2. The quantitative estimate of drug-likeness (QED) is 0.275. The van der Waals surface area contributed by atoms with Crippen molar-refractivity contribution < 1.29 is 19.1 Å². The molecule has 0 unspecified atom stereocenters. The summed E-state index contributed by atoms with van der Waals surface area (Å²) in [6, 6.07) is 3.86. The Morgan fingerprint density at radius 3 is 2.15 bits per heavy atom. The van der Waals surface area contributed by atoms with Crippen LogP contribution in [0.5, 0.6) is 5.75 Å². The van der Waals surface area contributed by atoms with Gasteiger partial charge in [-0.25, -0.2) is 0 Å². The summed E-state index contributed by atoms with van der Waals surface area (Å²) in [7, 11) is 0. The van der Waals surface area contributed by atoms with Gasteiger partial charge in [0.2, 0.25) is 0 Å². The van der Waals surface area contributed by atoms with E-state index in [-0.39, 0.29) is 18.8 Å². The van der Waals surface area contributed by atoms with Gasteiger partial charge < -0.3 is 9.47 Å². The summed E-state index contributed by atoms with van der Waals surface area (Å²) in [6.45, 7) is 2.31. The SMILES string of the molecule is CCCOC(=O)CCC(=O)Oc1c(I)cc(I)cc1I. The minimum atomic E-state index is -0.421. The van der Waals surface area contributed by atoms with Crippen LogP contribution in [0.4, 0.5) is 0 Å². The monoisotopic (exact) mass is 614 g/mol. The number of benzene rings is 1. The lowest BCUT2D eigenvalue weighted by atomic mass is 10.3. The Morgan fingerprint density at radius 2 is 1.60 bits per heavy atom. The van der Waals surface area contributed by atoms with Gasteiger partial charge in [0.25, 0.3) is 0 Å². The maximum atomic E-state index is 11.7. The van der Waals surface area contributed by atoms with Crippen molar-refractivity contribution in [1.82, 2.24) is 0 Å². The Labute approximate surface area is 158 Å². The average Bonchev–Trinajstić information content (AvgIpc) is 2.38. The number of carbonyl (C=O) groups excluding carboxylic acids is 2. The van der Waals surface area contributed by atoms with Crippen LogP contribution in [0.15, 0.2) is 12.1 Å². The Balaban J connectivity index is 2.53. The molecule has 0 bridgehead atoms. The molecule has 1 aromatic rings. The summed E-state index contributed by atoms with van der Waals surface area (Å²) in [4.78, 5) is 23.0. The van der Waals surface area contributed by atoms with E-state index in [4.69, 9.17) is 9.47 Å². The summed E-state index contributed by atoms with van der Waals surface area (Å²) in [6.07, 6.45) is 0.853. The van der Waals surface area contributed by atoms with Gasteiger partial charge in [0, 0.05) is 3.57 Å². The first-order valence-electron chi connectivity index (χ1n) is 5.95. The molecule has 0 radical (unpaired) electrons. The van der Waals surface area contributed by atoms with Crippen LogP contribution in [0.3, 0.4) is 0 Å². The van der Waals surface area contributed by atoms with Crippen molar-refractivity contribution in [2.75, 3.05) is 6.61 Å². The van der Waals surface area contributed by atoms with Crippen LogP contribution in [0, 0.1) is 10.7 Å². The van der Waals surface area contributed by atoms with Gasteiger partial charge >= 0.3 is 11.9 Å². The average molecular weight is 614 g/mol. The minimum Gasteiger partial charge on any atom is -0.466 e. The highest BCUT2D eigenvalue weighted by Crippen LogP contribution is 2.29. The van der Waals surface area contributed by atoms with Crippen molar-refractivity contribution in [2.24, 2.45) is 0 Å². The topological polar surface area (TPSA) is 52.6 Å². The van der Waals surface area contributed by atoms with E-state index in [1.165, 1.54) is 0 Å². The van der Waals surface area contributed by atoms with Crippen LogP contribution in [-0.2, 0) is 14.3 Å². The first-order chi connectivity index (χ1) is 9.43. The molecular formula is C13H13I3O4. The van der Waals surface area contributed by atoms with Gasteiger partial charge in [-0.15, -0.1) is 0 Å². The third-order valence-corrected chi connectivity index (χ3v) is 4.40. The fraction of sp³-hybridized carbons (Fsp3) is 0.385. The van der Waals surface area contributed by atoms with Gasteiger partial charge in [0.15, 0.2) is 5.75 Å². The highest BCUT2D eigenvalue weighted by Gasteiger charge is 2.14. The number of rotatable bonds is 6. The van der Waals surface area contributed by atoms with Crippen LogP contribution in [0.25, 0.3) is 0 Å². The predicted octanol–water partition coefficient (Wildman–Crippen LogP) is 4.14. The molecule has 0 saturated carbocycles. The zero-order valence-corrected chi connectivity index (χ0v) is 17.2. The Kier molecular flexibility index (Phi) is 8.63. The smallest absolute Gasteiger partial charge is 0.311 e. The lowest BCUT2D eigenvalue weighted by Crippen LogP contribution is -2.13. The minimum absolute atomic E-state index is 0.0285. The number of halogens is 3. The normalized spacial score (nSPS) is 10.2. The van der Waals surface area contributed by atoms with E-state index in [1.54, 1.807) is 0 Å². The second-order valence-electron chi connectivity index (χ2n) is 3.89. The molecule has 0 fully saturated rings. The van der Waals surface area contributed by atoms with Gasteiger partial charge in [-0.05, 0) is 86.3 Å². The first-order valence-corrected chi connectivity index (χ1v) is 9.18. The van der Waals surface area contributed by atoms with Gasteiger partial charge in [-0.2, -0.15) is 0 Å². The first kappa shape index (κ1) is 18.4. The Bertz CT molecular complexity index is 479. The van der Waals surface area contributed by atoms with Crippen molar-refractivity contribution in [3.63, 3.8) is 0 Å². The zero-order chi connectivity index (χ0) is 15.1. The van der Waals surface area contributed by atoms with Gasteiger partial charge in [0.1, 0.15) is 0 Å². The van der Waals surface area contributed by atoms with E-state index in [0.717, 1.165) is 17.1 Å². The van der Waals surface area contributed by atoms with Crippen LogP contribution in [0.2, 0.25) is 0 Å². The molecule has 110 valence electrons. The molecule has 0 amide bonds. The molecule has 1 aromatic carbocycles. The molecule has 0 atom stereocenters. The van der Waals surface area contributed by atoms with Crippen LogP contribution >= 0.6 is 67.8 Å². The van der Waals surface area contributed by atoms with Crippen LogP contribution < -0.4 is 4.74 Å². The zero-order valence-electron chi connectivity index (χ0n) is 10.8. The largest absolute Gasteiger partial charge is 0.466 e. The molecule has 0 aliphatic heterocycles. The maximum Gasteiger partial charge on any atom is 0.311 e. The van der Waals surface area contributed by atoms with Gasteiger partial charge in [0.05, 0.1) is 26.6 Å². The van der Waals surface area contributed by atoms with E-state index in [0.29, 0.717) is 12.4 Å². The van der Waals surface area contributed by atoms with Crippen molar-refractivity contribution in [1.29, 1.82) is 0 Å². The highest BCUT2D eigenvalue weighted by molar-refractivity contribution is 14.1. The fourth-order valence-electron chi connectivity index (χ4n) is 1.28. The third kappa shape index (κ3) is 6.41. The summed E-state index contributed by atoms with van der Waals surface area (Å²) in [5.41, 5.74) is 0. The molecule has 7 heteroatoms. The summed E-state index contributed by atoms with van der Waals surface area (Å²) < 4.78 is 13.1. The van der Waals surface area contributed by atoms with E-state index in [1.807, 2.05) is 19.1 Å². The third-order valence-electron chi connectivity index (χ3n) is 2.18. The van der Waals surface area contributed by atoms with Crippen molar-refractivity contribution in [3.8, 4) is 5.75 Å². The molecule has 0 spiro atoms. The Hall–Kier alpha value is 0.350. The van der Waals surface area contributed by atoms with Gasteiger partial charge in [-0.1, -0.05) is 6.92 Å². The van der Waals surface area contributed by atoms with Crippen LogP contribution in [0.1, 0.15) is 26.2 Å². The summed E-state index contributed by atoms with van der Waals surface area (Å²) >= 11 is 6.46. The molecular weight excluding hydrogens is 601 g/mol. The van der Waals surface area contributed by atoms with Crippen molar-refractivity contribution in [3.05, 3.63) is 22.8 Å². The summed E-state index contributed by atoms with van der Waals surface area (Å²) in [5, 5.41) is 0. The molecule has 0 saturated heterocycles. The molecule has 4 nitrogen and oxygen atoms in total. The van der Waals surface area contributed by atoms with Gasteiger partial charge in [-0.3, -0.25) is 9.59 Å². The molecule has 1 rings (SSSR count). The second kappa shape index (κ2) is 9.38. The lowest BCUT2D eigenvalue weighted by Gasteiger charge is -2.09. The molecule has 20 heavy (non-hydrogen) atoms. The van der Waals surface area contributed by atoms with Crippen molar-refractivity contribution in [2.45, 2.75) is 26.2 Å². The fourth-order valence-corrected chi connectivity index (χ4v) is 5.09. The van der Waals surface area contributed by atoms with Crippen molar-refractivity contribution >= 4 is 79.7 Å². The maximum absolute atomic E-state index is 11.7. The van der Waals surface area contributed by atoms with E-state index < -0.39 is 5.97 Å². The molecule has 0 N–H and O–H groups in total. The lowest BCUT2D eigenvalue weighted by molar-refractivity contribution is -0.147. The number of hydrogen-bond donors (Lipinski definition) is 0. The summed E-state index contributed by atoms with van der Waals surface area (Å²) in [5.74, 6) is -0.232. The predicted molar refractivity (Wildman–Crippen MR) is 101 cm³/mol. The van der Waals surface area contributed by atoms with E-state index in [2.05, 4.69) is 67.8 Å². The standard InChI is InChI=1S/C13H13I3O4/c1-2-5-19-11(17)3-4-12(18)20-13-9(15)6-8(14)7-10(13)16/h6-7H,2-5H2,1H3. The Morgan fingerprint density at radius 1 is 1.05 bits per heavy atom. The highest BCUT2D eigenvalue weighted by atomic mass is 127. The molecule has 0 heterocycles. The number of hydrogen-bond acceptors (Lipinski definition) is 4. The molecule has 0 aliphatic rings. The van der Waals surface area contributed by atoms with Crippen LogP contribution in [-0.4, -0.2) is 18.5 Å². The number of esters is 2. The number of carbonyl (C=O) groups is 2. The molecule has 0 aromatic heterocycles. The second-order valence-corrected chi connectivity index (χ2v) is 7.46. The van der Waals surface area contributed by atoms with E-state index in [9.17, 15) is 9.59 Å². The molecule has 0 aliphatic carbocycles.